The average Bonchev–Trinajstić information content (AvgIpc) is 2.70. The first-order chi connectivity index (χ1) is 13.6. The number of nitriles is 1. The van der Waals surface area contributed by atoms with Gasteiger partial charge in [0, 0.05) is 0 Å². The first-order valence-corrected chi connectivity index (χ1v) is 8.48. The van der Waals surface area contributed by atoms with Crippen molar-refractivity contribution in [2.75, 3.05) is 0 Å². The number of nitrogens with one attached hydrogen (secondary N) is 2. The average molecular weight is 379 g/mol. The van der Waals surface area contributed by atoms with E-state index in [0.29, 0.717) is 11.5 Å². The van der Waals surface area contributed by atoms with E-state index in [9.17, 15) is 9.59 Å². The molecular weight excluding hydrogens is 362 g/mol. The Bertz CT molecular complexity index is 893. The lowest BCUT2D eigenvalue weighted by molar-refractivity contribution is 0.0501. The summed E-state index contributed by atoms with van der Waals surface area (Å²) >= 11 is 0. The van der Waals surface area contributed by atoms with E-state index in [0.717, 1.165) is 0 Å². The van der Waals surface area contributed by atoms with Crippen molar-refractivity contribution >= 4 is 12.2 Å². The highest BCUT2D eigenvalue weighted by molar-refractivity contribution is 5.72. The third-order valence-electron chi connectivity index (χ3n) is 3.76. The van der Waals surface area contributed by atoms with Crippen LogP contribution < -0.4 is 20.1 Å². The summed E-state index contributed by atoms with van der Waals surface area (Å²) in [6, 6.07) is 18.2. The molecule has 2 aromatic rings. The SMILES string of the molecule is N#CC1=CC[C@@H](NC(=O)Oc2ccccc2)[C@@H](NC(=O)Oc2ccccc2)O1. The molecule has 8 heteroatoms. The van der Waals surface area contributed by atoms with E-state index in [4.69, 9.17) is 19.5 Å². The Balaban J connectivity index is 1.62. The first kappa shape index (κ1) is 18.8. The molecular formula is C20H17N3O5. The van der Waals surface area contributed by atoms with Crippen molar-refractivity contribution in [3.8, 4) is 17.6 Å². The topological polar surface area (TPSA) is 110 Å². The normalized spacial score (nSPS) is 17.9. The molecule has 0 unspecified atom stereocenters. The Kier molecular flexibility index (Phi) is 6.10. The number of para-hydroxylation sites is 2. The Morgan fingerprint density at radius 2 is 1.46 bits per heavy atom. The molecule has 1 aliphatic heterocycles. The maximum atomic E-state index is 12.1. The van der Waals surface area contributed by atoms with E-state index >= 15 is 0 Å². The third-order valence-corrected chi connectivity index (χ3v) is 3.76. The molecule has 0 radical (unpaired) electrons. The minimum atomic E-state index is -1.00. The third kappa shape index (κ3) is 5.25. The number of rotatable bonds is 4. The molecule has 1 aliphatic rings. The molecule has 0 aliphatic carbocycles. The van der Waals surface area contributed by atoms with Gasteiger partial charge >= 0.3 is 12.2 Å². The summed E-state index contributed by atoms with van der Waals surface area (Å²) < 4.78 is 15.8. The van der Waals surface area contributed by atoms with Crippen molar-refractivity contribution in [3.05, 3.63) is 72.5 Å². The lowest BCUT2D eigenvalue weighted by Crippen LogP contribution is -2.55. The van der Waals surface area contributed by atoms with Gasteiger partial charge in [0.15, 0.2) is 12.0 Å². The molecule has 2 N–H and O–H groups in total. The number of carbonyl (C=O) groups excluding carboxylic acids is 2. The van der Waals surface area contributed by atoms with Gasteiger partial charge in [0.05, 0.1) is 6.04 Å². The monoisotopic (exact) mass is 379 g/mol. The van der Waals surface area contributed by atoms with Gasteiger partial charge in [-0.2, -0.15) is 5.26 Å². The molecule has 1 heterocycles. The predicted molar refractivity (Wildman–Crippen MR) is 98.2 cm³/mol. The standard InChI is InChI=1S/C20H17N3O5/c21-13-16-11-12-17(22-19(24)27-14-7-3-1-4-8-14)18(26-16)23-20(25)28-15-9-5-2-6-10-15/h1-11,17-18H,12H2,(H,22,24)(H,23,25)/t17-,18+/m1/s1. The highest BCUT2D eigenvalue weighted by Gasteiger charge is 2.31. The van der Waals surface area contributed by atoms with E-state index in [1.54, 1.807) is 60.7 Å². The quantitative estimate of drug-likeness (QED) is 0.845. The maximum Gasteiger partial charge on any atom is 0.415 e. The van der Waals surface area contributed by atoms with Crippen molar-refractivity contribution in [2.24, 2.45) is 0 Å². The van der Waals surface area contributed by atoms with Crippen LogP contribution in [-0.2, 0) is 4.74 Å². The summed E-state index contributed by atoms with van der Waals surface area (Å²) in [6.07, 6.45) is -0.702. The summed E-state index contributed by atoms with van der Waals surface area (Å²) in [7, 11) is 0. The zero-order valence-corrected chi connectivity index (χ0v) is 14.7. The number of benzene rings is 2. The second-order valence-corrected chi connectivity index (χ2v) is 5.75. The number of allylic oxidation sites excluding steroid dienone is 1. The van der Waals surface area contributed by atoms with Crippen molar-refractivity contribution in [3.63, 3.8) is 0 Å². The van der Waals surface area contributed by atoms with Crippen LogP contribution in [0.5, 0.6) is 11.5 Å². The molecule has 142 valence electrons. The zero-order chi connectivity index (χ0) is 19.8. The number of carbonyl (C=O) groups is 2. The van der Waals surface area contributed by atoms with Crippen LogP contribution >= 0.6 is 0 Å². The minimum absolute atomic E-state index is 0.0412. The van der Waals surface area contributed by atoms with E-state index in [-0.39, 0.29) is 12.2 Å². The molecule has 8 nitrogen and oxygen atoms in total. The summed E-state index contributed by atoms with van der Waals surface area (Å²) in [6.45, 7) is 0. The fourth-order valence-electron chi connectivity index (χ4n) is 2.48. The summed E-state index contributed by atoms with van der Waals surface area (Å²) in [4.78, 5) is 24.3. The largest absolute Gasteiger partial charge is 0.458 e. The van der Waals surface area contributed by atoms with E-state index in [2.05, 4.69) is 10.6 Å². The van der Waals surface area contributed by atoms with Crippen molar-refractivity contribution < 1.29 is 23.8 Å². The fraction of sp³-hybridized carbons (Fsp3) is 0.150. The van der Waals surface area contributed by atoms with Crippen molar-refractivity contribution in [2.45, 2.75) is 18.7 Å². The number of hydrogen-bond acceptors (Lipinski definition) is 6. The lowest BCUT2D eigenvalue weighted by atomic mass is 10.1. The van der Waals surface area contributed by atoms with Gasteiger partial charge in [0.1, 0.15) is 17.6 Å². The molecule has 0 aromatic heterocycles. The van der Waals surface area contributed by atoms with Crippen molar-refractivity contribution in [1.82, 2.24) is 10.6 Å². The number of hydrogen-bond donors (Lipinski definition) is 2. The molecule has 0 saturated heterocycles. The Morgan fingerprint density at radius 3 is 2.00 bits per heavy atom. The predicted octanol–water partition coefficient (Wildman–Crippen LogP) is 3.09. The summed E-state index contributed by atoms with van der Waals surface area (Å²) in [5.74, 6) is 0.761. The van der Waals surface area contributed by atoms with Gasteiger partial charge in [-0.05, 0) is 36.8 Å². The van der Waals surface area contributed by atoms with Gasteiger partial charge in [0.25, 0.3) is 0 Å². The molecule has 2 aromatic carbocycles. The van der Waals surface area contributed by atoms with Crippen LogP contribution in [0.4, 0.5) is 9.59 Å². The Hall–Kier alpha value is -3.99. The maximum absolute atomic E-state index is 12.1. The Morgan fingerprint density at radius 1 is 0.929 bits per heavy atom. The number of ether oxygens (including phenoxy) is 3. The van der Waals surface area contributed by atoms with Crippen LogP contribution in [0.3, 0.4) is 0 Å². The molecule has 3 rings (SSSR count). The summed E-state index contributed by atoms with van der Waals surface area (Å²) in [5, 5.41) is 14.2. The van der Waals surface area contributed by atoms with Crippen LogP contribution in [0.25, 0.3) is 0 Å². The summed E-state index contributed by atoms with van der Waals surface area (Å²) in [5.41, 5.74) is 0. The number of nitrogens with zero attached hydrogens (tertiary/aromatic N) is 1. The second kappa shape index (κ2) is 9.09. The molecule has 28 heavy (non-hydrogen) atoms. The van der Waals surface area contributed by atoms with E-state index < -0.39 is 24.5 Å². The van der Waals surface area contributed by atoms with Gasteiger partial charge in [-0.15, -0.1) is 0 Å². The molecule has 0 saturated carbocycles. The number of amides is 2. The van der Waals surface area contributed by atoms with Gasteiger partial charge in [0.2, 0.25) is 0 Å². The van der Waals surface area contributed by atoms with E-state index in [1.165, 1.54) is 6.08 Å². The van der Waals surface area contributed by atoms with Crippen LogP contribution in [0, 0.1) is 11.3 Å². The minimum Gasteiger partial charge on any atom is -0.458 e. The van der Waals surface area contributed by atoms with Crippen LogP contribution in [0.15, 0.2) is 72.5 Å². The molecule has 2 amide bonds. The van der Waals surface area contributed by atoms with Gasteiger partial charge < -0.3 is 19.5 Å². The first-order valence-electron chi connectivity index (χ1n) is 8.48. The second-order valence-electron chi connectivity index (χ2n) is 5.75. The van der Waals surface area contributed by atoms with Crippen molar-refractivity contribution in [1.29, 1.82) is 5.26 Å². The van der Waals surface area contributed by atoms with Crippen LogP contribution in [0.1, 0.15) is 6.42 Å². The highest BCUT2D eigenvalue weighted by atomic mass is 16.6. The molecule has 0 fully saturated rings. The fourth-order valence-corrected chi connectivity index (χ4v) is 2.48. The lowest BCUT2D eigenvalue weighted by Gasteiger charge is -2.30. The molecule has 0 bridgehead atoms. The zero-order valence-electron chi connectivity index (χ0n) is 14.7. The van der Waals surface area contributed by atoms with E-state index in [1.807, 2.05) is 6.07 Å². The smallest absolute Gasteiger partial charge is 0.415 e. The molecule has 0 spiro atoms. The van der Waals surface area contributed by atoms with Gasteiger partial charge in [-0.1, -0.05) is 36.4 Å². The molecule has 2 atom stereocenters. The highest BCUT2D eigenvalue weighted by Crippen LogP contribution is 2.17. The van der Waals surface area contributed by atoms with Crippen LogP contribution in [-0.4, -0.2) is 24.5 Å². The van der Waals surface area contributed by atoms with Gasteiger partial charge in [-0.3, -0.25) is 5.32 Å². The van der Waals surface area contributed by atoms with Crippen LogP contribution in [0.2, 0.25) is 0 Å². The Labute approximate surface area is 161 Å². The van der Waals surface area contributed by atoms with Gasteiger partial charge in [-0.25, -0.2) is 9.59 Å².